The maximum absolute atomic E-state index is 14.7. The van der Waals surface area contributed by atoms with Crippen molar-refractivity contribution in [3.8, 4) is 0 Å². The third-order valence-corrected chi connectivity index (χ3v) is 4.11. The maximum Gasteiger partial charge on any atom is 0.339 e. The molecule has 2 aromatic heterocycles. The molecule has 0 aliphatic heterocycles. The summed E-state index contributed by atoms with van der Waals surface area (Å²) in [7, 11) is 0. The number of hydrogen-bond acceptors (Lipinski definition) is 5. The molecule has 0 saturated heterocycles. The second-order valence-corrected chi connectivity index (χ2v) is 6.34. The van der Waals surface area contributed by atoms with Crippen LogP contribution < -0.4 is 10.9 Å². The lowest BCUT2D eigenvalue weighted by Crippen LogP contribution is -2.27. The largest absolute Gasteiger partial charge is 0.478 e. The molecule has 3 aromatic rings. The van der Waals surface area contributed by atoms with E-state index in [-0.39, 0.29) is 12.2 Å². The molecule has 0 unspecified atom stereocenters. The Hall–Kier alpha value is -3.14. The number of nitrogens with zero attached hydrogens (tertiary/aromatic N) is 3. The van der Waals surface area contributed by atoms with Crippen molar-refractivity contribution in [3.63, 3.8) is 0 Å². The van der Waals surface area contributed by atoms with Crippen LogP contribution in [0, 0.1) is 11.6 Å². The minimum Gasteiger partial charge on any atom is -0.478 e. The van der Waals surface area contributed by atoms with E-state index >= 15 is 0 Å². The molecular weight excluding hydrogens is 426 g/mol. The summed E-state index contributed by atoms with van der Waals surface area (Å²) in [6, 6.07) is 5.40. The molecule has 3 rings (SSSR count). The van der Waals surface area contributed by atoms with E-state index in [4.69, 9.17) is 0 Å². The quantitative estimate of drug-likeness (QED) is 0.637. The number of carbonyl (C=O) groups is 1. The van der Waals surface area contributed by atoms with Crippen LogP contribution in [0.1, 0.15) is 16.1 Å². The van der Waals surface area contributed by atoms with Crippen molar-refractivity contribution in [3.05, 3.63) is 80.7 Å². The third-order valence-electron chi connectivity index (χ3n) is 3.62. The minimum atomic E-state index is -1.48. The van der Waals surface area contributed by atoms with Gasteiger partial charge in [0, 0.05) is 16.9 Å². The summed E-state index contributed by atoms with van der Waals surface area (Å²) in [5.74, 6) is -3.57. The van der Waals surface area contributed by atoms with Crippen molar-refractivity contribution < 1.29 is 18.7 Å². The van der Waals surface area contributed by atoms with Gasteiger partial charge in [0.15, 0.2) is 0 Å². The smallest absolute Gasteiger partial charge is 0.339 e. The summed E-state index contributed by atoms with van der Waals surface area (Å²) in [5, 5.41) is 11.8. The Morgan fingerprint density at radius 2 is 2.07 bits per heavy atom. The van der Waals surface area contributed by atoms with Crippen LogP contribution in [0.15, 0.2) is 52.3 Å². The van der Waals surface area contributed by atoms with Crippen LogP contribution in [0.3, 0.4) is 0 Å². The molecule has 2 N–H and O–H groups in total. The van der Waals surface area contributed by atoms with Crippen LogP contribution in [-0.4, -0.2) is 25.6 Å². The SMILES string of the molecule is O=C(O)c1cn(Cc2ccncn2)c(=O)c(F)c1Nc1ccc(Br)cc1F. The standard InChI is InChI=1S/C17H11BrF2N4O3/c18-9-1-2-13(12(19)5-9)23-15-11(17(26)27)7-24(16(25)14(15)20)6-10-3-4-21-8-22-10/h1-5,7-8,23H,6H2,(H,26,27). The molecule has 10 heteroatoms. The van der Waals surface area contributed by atoms with Crippen molar-refractivity contribution in [2.24, 2.45) is 0 Å². The number of rotatable bonds is 5. The summed E-state index contributed by atoms with van der Waals surface area (Å²) in [6.45, 7) is -0.147. The first kappa shape index (κ1) is 18.6. The zero-order valence-electron chi connectivity index (χ0n) is 13.5. The number of benzene rings is 1. The molecule has 7 nitrogen and oxygen atoms in total. The zero-order valence-corrected chi connectivity index (χ0v) is 15.1. The molecule has 0 saturated carbocycles. The Labute approximate surface area is 159 Å². The average Bonchev–Trinajstić information content (AvgIpc) is 2.63. The van der Waals surface area contributed by atoms with E-state index in [0.29, 0.717) is 10.2 Å². The van der Waals surface area contributed by atoms with E-state index in [1.165, 1.54) is 30.7 Å². The number of pyridine rings is 1. The maximum atomic E-state index is 14.7. The number of carboxylic acid groups (broad SMARTS) is 1. The topological polar surface area (TPSA) is 97.1 Å². The number of hydrogen-bond donors (Lipinski definition) is 2. The number of halogens is 3. The molecule has 0 spiro atoms. The van der Waals surface area contributed by atoms with Crippen molar-refractivity contribution in [2.45, 2.75) is 6.54 Å². The van der Waals surface area contributed by atoms with Gasteiger partial charge < -0.3 is 15.0 Å². The van der Waals surface area contributed by atoms with Gasteiger partial charge in [0.25, 0.3) is 5.56 Å². The van der Waals surface area contributed by atoms with Crippen LogP contribution in [0.2, 0.25) is 0 Å². The minimum absolute atomic E-state index is 0.147. The lowest BCUT2D eigenvalue weighted by atomic mass is 10.2. The molecule has 0 aliphatic carbocycles. The van der Waals surface area contributed by atoms with Gasteiger partial charge in [-0.25, -0.2) is 19.2 Å². The van der Waals surface area contributed by atoms with Crippen LogP contribution >= 0.6 is 15.9 Å². The summed E-state index contributed by atoms with van der Waals surface area (Å²) in [5.41, 5.74) is -2.00. The first-order valence-electron chi connectivity index (χ1n) is 7.50. The predicted octanol–water partition coefficient (Wildman–Crippen LogP) is 3.17. The molecule has 0 aliphatic rings. The molecular formula is C17H11BrF2N4O3. The number of carboxylic acids is 1. The summed E-state index contributed by atoms with van der Waals surface area (Å²) >= 11 is 3.09. The number of nitrogens with one attached hydrogen (secondary N) is 1. The highest BCUT2D eigenvalue weighted by molar-refractivity contribution is 9.10. The Kier molecular flexibility index (Phi) is 5.26. The van der Waals surface area contributed by atoms with Gasteiger partial charge in [-0.05, 0) is 24.3 Å². The summed E-state index contributed by atoms with van der Waals surface area (Å²) in [6.07, 6.45) is 3.67. The monoisotopic (exact) mass is 436 g/mol. The highest BCUT2D eigenvalue weighted by Crippen LogP contribution is 2.26. The Balaban J connectivity index is 2.07. The molecule has 0 bridgehead atoms. The number of aromatic nitrogens is 3. The van der Waals surface area contributed by atoms with E-state index in [9.17, 15) is 23.5 Å². The van der Waals surface area contributed by atoms with Crippen LogP contribution in [0.4, 0.5) is 20.2 Å². The summed E-state index contributed by atoms with van der Waals surface area (Å²) in [4.78, 5) is 31.5. The summed E-state index contributed by atoms with van der Waals surface area (Å²) < 4.78 is 30.0. The Morgan fingerprint density at radius 1 is 1.30 bits per heavy atom. The molecule has 1 aromatic carbocycles. The van der Waals surface area contributed by atoms with Gasteiger partial charge in [-0.15, -0.1) is 0 Å². The molecule has 27 heavy (non-hydrogen) atoms. The van der Waals surface area contributed by atoms with Gasteiger partial charge in [-0.1, -0.05) is 15.9 Å². The van der Waals surface area contributed by atoms with Gasteiger partial charge in [-0.3, -0.25) is 4.79 Å². The van der Waals surface area contributed by atoms with Gasteiger partial charge in [0.2, 0.25) is 5.82 Å². The normalized spacial score (nSPS) is 10.6. The fourth-order valence-electron chi connectivity index (χ4n) is 2.34. The van der Waals surface area contributed by atoms with Crippen molar-refractivity contribution in [1.29, 1.82) is 0 Å². The van der Waals surface area contributed by atoms with Crippen molar-refractivity contribution in [1.82, 2.24) is 14.5 Å². The molecule has 0 fully saturated rings. The average molecular weight is 437 g/mol. The van der Waals surface area contributed by atoms with Gasteiger partial charge in [0.05, 0.1) is 23.6 Å². The van der Waals surface area contributed by atoms with E-state index < -0.39 is 34.4 Å². The van der Waals surface area contributed by atoms with Crippen molar-refractivity contribution in [2.75, 3.05) is 5.32 Å². The highest BCUT2D eigenvalue weighted by atomic mass is 79.9. The van der Waals surface area contributed by atoms with Gasteiger partial charge in [0.1, 0.15) is 17.7 Å². The molecule has 138 valence electrons. The van der Waals surface area contributed by atoms with Crippen LogP contribution in [0.5, 0.6) is 0 Å². The van der Waals surface area contributed by atoms with E-state index in [1.807, 2.05) is 0 Å². The fourth-order valence-corrected chi connectivity index (χ4v) is 2.68. The van der Waals surface area contributed by atoms with Gasteiger partial charge in [-0.2, -0.15) is 4.39 Å². The first-order chi connectivity index (χ1) is 12.9. The fraction of sp³-hybridized carbons (Fsp3) is 0.0588. The van der Waals surface area contributed by atoms with Gasteiger partial charge >= 0.3 is 5.97 Å². The van der Waals surface area contributed by atoms with Crippen LogP contribution in [0.25, 0.3) is 0 Å². The Bertz CT molecular complexity index is 1070. The predicted molar refractivity (Wildman–Crippen MR) is 96.1 cm³/mol. The van der Waals surface area contributed by atoms with E-state index in [1.54, 1.807) is 0 Å². The molecule has 2 heterocycles. The molecule has 0 atom stereocenters. The van der Waals surface area contributed by atoms with E-state index in [2.05, 4.69) is 31.2 Å². The number of anilines is 2. The zero-order chi connectivity index (χ0) is 19.6. The van der Waals surface area contributed by atoms with Crippen LogP contribution in [-0.2, 0) is 6.54 Å². The first-order valence-corrected chi connectivity index (χ1v) is 8.29. The lowest BCUT2D eigenvalue weighted by molar-refractivity contribution is 0.0696. The van der Waals surface area contributed by atoms with Crippen molar-refractivity contribution >= 4 is 33.3 Å². The highest BCUT2D eigenvalue weighted by Gasteiger charge is 2.21. The second kappa shape index (κ2) is 7.62. The lowest BCUT2D eigenvalue weighted by Gasteiger charge is -2.14. The van der Waals surface area contributed by atoms with E-state index in [0.717, 1.165) is 16.8 Å². The third kappa shape index (κ3) is 4.00. The molecule has 0 radical (unpaired) electrons. The number of aromatic carboxylic acids is 1. The Morgan fingerprint density at radius 3 is 2.70 bits per heavy atom. The second-order valence-electron chi connectivity index (χ2n) is 5.42. The molecule has 0 amide bonds.